The Bertz CT molecular complexity index is 720. The highest BCUT2D eigenvalue weighted by Crippen LogP contribution is 2.22. The van der Waals surface area contributed by atoms with Crippen LogP contribution >= 0.6 is 15.9 Å². The summed E-state index contributed by atoms with van der Waals surface area (Å²) in [7, 11) is 0. The van der Waals surface area contributed by atoms with Crippen LogP contribution in [0.3, 0.4) is 0 Å². The van der Waals surface area contributed by atoms with Crippen molar-refractivity contribution in [2.24, 2.45) is 0 Å². The van der Waals surface area contributed by atoms with E-state index >= 15 is 0 Å². The smallest absolute Gasteiger partial charge is 0.138 e. The Morgan fingerprint density at radius 2 is 1.62 bits per heavy atom. The average molecular weight is 387 g/mol. The maximum Gasteiger partial charge on any atom is 0.138 e. The molecule has 2 rings (SSSR count). The monoisotopic (exact) mass is 386 g/mol. The molecule has 0 saturated carbocycles. The third-order valence-corrected chi connectivity index (χ3v) is 5.00. The van der Waals surface area contributed by atoms with E-state index in [4.69, 9.17) is 0 Å². The fourth-order valence-corrected chi connectivity index (χ4v) is 3.14. The van der Waals surface area contributed by atoms with Crippen LogP contribution in [0.1, 0.15) is 61.8 Å². The van der Waals surface area contributed by atoms with E-state index in [1.54, 1.807) is 0 Å². The first-order chi connectivity index (χ1) is 11.6. The van der Waals surface area contributed by atoms with E-state index in [0.717, 1.165) is 29.5 Å². The highest BCUT2D eigenvalue weighted by atomic mass is 79.9. The molecular weight excluding hydrogens is 363 g/mol. The normalized spacial score (nSPS) is 10.3. The molecule has 0 nitrogen and oxygen atoms in total. The third-order valence-electron chi connectivity index (χ3n) is 4.11. The minimum Gasteiger partial charge on any atom is -0.206 e. The maximum absolute atomic E-state index is 13.9. The van der Waals surface area contributed by atoms with E-state index in [1.807, 2.05) is 13.0 Å². The molecule has 0 aromatic heterocycles. The summed E-state index contributed by atoms with van der Waals surface area (Å²) in [5, 5.41) is 0. The van der Waals surface area contributed by atoms with Crippen LogP contribution in [0, 0.1) is 17.7 Å². The van der Waals surface area contributed by atoms with Crippen molar-refractivity contribution in [3.05, 3.63) is 68.9 Å². The minimum atomic E-state index is -0.249. The number of halogens is 2. The van der Waals surface area contributed by atoms with Gasteiger partial charge in [-0.05, 0) is 70.6 Å². The third kappa shape index (κ3) is 5.49. The molecule has 2 aromatic carbocycles. The molecule has 0 amide bonds. The minimum absolute atomic E-state index is 0.249. The zero-order valence-electron chi connectivity index (χ0n) is 14.5. The van der Waals surface area contributed by atoms with E-state index in [9.17, 15) is 4.39 Å². The Kier molecular flexibility index (Phi) is 7.53. The second kappa shape index (κ2) is 9.64. The number of unbranched alkanes of at least 4 members (excludes halogenated alkanes) is 3. The van der Waals surface area contributed by atoms with Crippen LogP contribution in [0.4, 0.5) is 4.39 Å². The predicted octanol–water partition coefficient (Wildman–Crippen LogP) is 6.67. The van der Waals surface area contributed by atoms with Crippen molar-refractivity contribution in [1.82, 2.24) is 0 Å². The molecule has 0 spiro atoms. The van der Waals surface area contributed by atoms with Gasteiger partial charge in [-0.2, -0.15) is 0 Å². The zero-order valence-corrected chi connectivity index (χ0v) is 16.0. The summed E-state index contributed by atoms with van der Waals surface area (Å²) >= 11 is 3.29. The SMILES string of the molecule is CCCCCCc1ccc(C#Cc2cc(F)c(Br)c(CC)c2)cc1. The summed E-state index contributed by atoms with van der Waals surface area (Å²) in [6, 6.07) is 11.8. The van der Waals surface area contributed by atoms with Gasteiger partial charge in [-0.3, -0.25) is 0 Å². The fourth-order valence-electron chi connectivity index (χ4n) is 2.63. The first-order valence-corrected chi connectivity index (χ1v) is 9.52. The van der Waals surface area contributed by atoms with Gasteiger partial charge in [-0.1, -0.05) is 57.1 Å². The molecule has 0 unspecified atom stereocenters. The number of rotatable bonds is 6. The first-order valence-electron chi connectivity index (χ1n) is 8.73. The molecule has 0 aliphatic heterocycles. The lowest BCUT2D eigenvalue weighted by Crippen LogP contribution is -1.90. The Labute approximate surface area is 153 Å². The van der Waals surface area contributed by atoms with Gasteiger partial charge in [0.25, 0.3) is 0 Å². The highest BCUT2D eigenvalue weighted by molar-refractivity contribution is 9.10. The zero-order chi connectivity index (χ0) is 17.4. The van der Waals surface area contributed by atoms with Crippen LogP contribution in [0.25, 0.3) is 0 Å². The van der Waals surface area contributed by atoms with Gasteiger partial charge in [-0.15, -0.1) is 0 Å². The molecule has 0 bridgehead atoms. The summed E-state index contributed by atoms with van der Waals surface area (Å²) in [5.74, 6) is 5.95. The molecule has 24 heavy (non-hydrogen) atoms. The largest absolute Gasteiger partial charge is 0.206 e. The van der Waals surface area contributed by atoms with E-state index in [1.165, 1.54) is 37.3 Å². The lowest BCUT2D eigenvalue weighted by Gasteiger charge is -2.03. The van der Waals surface area contributed by atoms with Gasteiger partial charge in [0.05, 0.1) is 4.47 Å². The Hall–Kier alpha value is -1.59. The van der Waals surface area contributed by atoms with Gasteiger partial charge >= 0.3 is 0 Å². The molecule has 0 N–H and O–H groups in total. The van der Waals surface area contributed by atoms with Gasteiger partial charge in [-0.25, -0.2) is 4.39 Å². The summed E-state index contributed by atoms with van der Waals surface area (Å²) in [4.78, 5) is 0. The van der Waals surface area contributed by atoms with Gasteiger partial charge in [0.2, 0.25) is 0 Å². The molecule has 0 saturated heterocycles. The van der Waals surface area contributed by atoms with Gasteiger partial charge in [0.1, 0.15) is 5.82 Å². The van der Waals surface area contributed by atoms with Gasteiger partial charge in [0.15, 0.2) is 0 Å². The molecule has 0 aliphatic carbocycles. The summed E-state index contributed by atoms with van der Waals surface area (Å²) in [5.41, 5.74) is 3.99. The quantitative estimate of drug-likeness (QED) is 0.383. The van der Waals surface area contributed by atoms with E-state index in [0.29, 0.717) is 4.47 Å². The molecule has 0 heterocycles. The number of benzene rings is 2. The van der Waals surface area contributed by atoms with Crippen LogP contribution in [0.15, 0.2) is 40.9 Å². The van der Waals surface area contributed by atoms with Crippen molar-refractivity contribution in [3.63, 3.8) is 0 Å². The fraction of sp³-hybridized carbons (Fsp3) is 0.364. The van der Waals surface area contributed by atoms with Crippen molar-refractivity contribution in [1.29, 1.82) is 0 Å². The predicted molar refractivity (Wildman–Crippen MR) is 104 cm³/mol. The molecule has 0 radical (unpaired) electrons. The first kappa shape index (κ1) is 18.7. The number of hydrogen-bond acceptors (Lipinski definition) is 0. The molecule has 2 aromatic rings. The van der Waals surface area contributed by atoms with Gasteiger partial charge in [0, 0.05) is 11.1 Å². The second-order valence-corrected chi connectivity index (χ2v) is 6.84. The van der Waals surface area contributed by atoms with Crippen molar-refractivity contribution in [3.8, 4) is 11.8 Å². The number of hydrogen-bond donors (Lipinski definition) is 0. The Balaban J connectivity index is 2.04. The van der Waals surface area contributed by atoms with Crippen LogP contribution in [-0.4, -0.2) is 0 Å². The molecule has 0 fully saturated rings. The summed E-state index contributed by atoms with van der Waals surface area (Å²) < 4.78 is 14.4. The van der Waals surface area contributed by atoms with E-state index in [-0.39, 0.29) is 5.82 Å². The molecule has 0 atom stereocenters. The van der Waals surface area contributed by atoms with Crippen molar-refractivity contribution < 1.29 is 4.39 Å². The summed E-state index contributed by atoms with van der Waals surface area (Å²) in [6.07, 6.45) is 7.03. The van der Waals surface area contributed by atoms with Crippen LogP contribution in [-0.2, 0) is 12.8 Å². The Morgan fingerprint density at radius 1 is 0.917 bits per heavy atom. The topological polar surface area (TPSA) is 0 Å². The lowest BCUT2D eigenvalue weighted by atomic mass is 10.0. The van der Waals surface area contributed by atoms with Gasteiger partial charge < -0.3 is 0 Å². The highest BCUT2D eigenvalue weighted by Gasteiger charge is 2.05. The van der Waals surface area contributed by atoms with E-state index < -0.39 is 0 Å². The Morgan fingerprint density at radius 3 is 2.29 bits per heavy atom. The van der Waals surface area contributed by atoms with Crippen LogP contribution in [0.2, 0.25) is 0 Å². The van der Waals surface area contributed by atoms with Crippen molar-refractivity contribution >= 4 is 15.9 Å². The standard InChI is InChI=1S/C22H24BrF/c1-3-5-6-7-8-17-9-11-18(12-10-17)13-14-19-15-20(4-2)22(23)21(24)16-19/h9-12,15-16H,3-8H2,1-2H3. The molecule has 2 heteroatoms. The average Bonchev–Trinajstić information content (AvgIpc) is 2.60. The van der Waals surface area contributed by atoms with Crippen LogP contribution < -0.4 is 0 Å². The maximum atomic E-state index is 13.9. The van der Waals surface area contributed by atoms with Crippen molar-refractivity contribution in [2.45, 2.75) is 52.4 Å². The molecule has 0 aliphatic rings. The van der Waals surface area contributed by atoms with Crippen molar-refractivity contribution in [2.75, 3.05) is 0 Å². The molecule has 126 valence electrons. The summed E-state index contributed by atoms with van der Waals surface area (Å²) in [6.45, 7) is 4.24. The second-order valence-electron chi connectivity index (χ2n) is 6.04. The van der Waals surface area contributed by atoms with E-state index in [2.05, 4.69) is 59.0 Å². The molecular formula is C22H24BrF. The lowest BCUT2D eigenvalue weighted by molar-refractivity contribution is 0.618. The number of aryl methyl sites for hydroxylation is 2. The van der Waals surface area contributed by atoms with Crippen LogP contribution in [0.5, 0.6) is 0 Å².